The molecule has 0 saturated heterocycles. The van der Waals surface area contributed by atoms with Gasteiger partial charge >= 0.3 is 5.97 Å². The number of benzene rings is 1. The molecule has 2 aromatic rings. The number of rotatable bonds is 5. The van der Waals surface area contributed by atoms with Gasteiger partial charge in [0, 0.05) is 12.1 Å². The number of halogens is 1. The Hall–Kier alpha value is -2.11. The lowest BCUT2D eigenvalue weighted by Crippen LogP contribution is -2.31. The average molecular weight is 280 g/mol. The Bertz CT molecular complexity index is 611. The fourth-order valence-electron chi connectivity index (χ4n) is 1.76. The number of hydrogen-bond donors (Lipinski definition) is 1. The molecule has 108 valence electrons. The van der Waals surface area contributed by atoms with Gasteiger partial charge in [-0.2, -0.15) is 4.98 Å². The number of oxazole rings is 1. The Morgan fingerprint density at radius 1 is 1.50 bits per heavy atom. The number of carbonyl (C=O) groups is 1. The van der Waals surface area contributed by atoms with Crippen molar-refractivity contribution in [3.8, 4) is 0 Å². The molecule has 0 radical (unpaired) electrons. The summed E-state index contributed by atoms with van der Waals surface area (Å²) >= 11 is 0. The van der Waals surface area contributed by atoms with Crippen molar-refractivity contribution in [2.75, 3.05) is 11.9 Å². The molecule has 2 unspecified atom stereocenters. The largest absolute Gasteiger partial charge is 0.466 e. The van der Waals surface area contributed by atoms with Gasteiger partial charge in [0.15, 0.2) is 5.58 Å². The van der Waals surface area contributed by atoms with E-state index in [1.54, 1.807) is 13.8 Å². The highest BCUT2D eigenvalue weighted by Gasteiger charge is 2.22. The fourth-order valence-corrected chi connectivity index (χ4v) is 1.76. The van der Waals surface area contributed by atoms with Crippen LogP contribution >= 0.6 is 0 Å². The maximum absolute atomic E-state index is 13.1. The Kier molecular flexibility index (Phi) is 4.22. The SMILES string of the molecule is CCOC(=O)C(C)C(C)Nc1nc2cc(F)ccc2o1. The Morgan fingerprint density at radius 2 is 2.25 bits per heavy atom. The van der Waals surface area contributed by atoms with E-state index in [1.807, 2.05) is 6.92 Å². The Labute approximate surface area is 116 Å². The Morgan fingerprint density at radius 3 is 2.95 bits per heavy atom. The van der Waals surface area contributed by atoms with E-state index in [9.17, 15) is 9.18 Å². The van der Waals surface area contributed by atoms with Crippen molar-refractivity contribution < 1.29 is 18.3 Å². The van der Waals surface area contributed by atoms with E-state index < -0.39 is 0 Å². The highest BCUT2D eigenvalue weighted by Crippen LogP contribution is 2.21. The molecular formula is C14H17FN2O3. The molecule has 0 aliphatic heterocycles. The first kappa shape index (κ1) is 14.3. The van der Waals surface area contributed by atoms with Gasteiger partial charge in [-0.3, -0.25) is 4.79 Å². The van der Waals surface area contributed by atoms with E-state index in [0.717, 1.165) is 0 Å². The van der Waals surface area contributed by atoms with Crippen LogP contribution in [0.25, 0.3) is 11.1 Å². The number of esters is 1. The quantitative estimate of drug-likeness (QED) is 0.853. The highest BCUT2D eigenvalue weighted by atomic mass is 19.1. The molecule has 1 N–H and O–H groups in total. The van der Waals surface area contributed by atoms with Gasteiger partial charge in [-0.1, -0.05) is 0 Å². The van der Waals surface area contributed by atoms with Crippen molar-refractivity contribution in [2.45, 2.75) is 26.8 Å². The molecule has 1 aromatic carbocycles. The van der Waals surface area contributed by atoms with Gasteiger partial charge in [0.05, 0.1) is 12.5 Å². The van der Waals surface area contributed by atoms with Crippen LogP contribution in [0.5, 0.6) is 0 Å². The number of ether oxygens (including phenoxy) is 1. The topological polar surface area (TPSA) is 64.4 Å². The summed E-state index contributed by atoms with van der Waals surface area (Å²) in [5.41, 5.74) is 0.924. The average Bonchev–Trinajstić information content (AvgIpc) is 2.79. The number of fused-ring (bicyclic) bond motifs is 1. The highest BCUT2D eigenvalue weighted by molar-refractivity contribution is 5.75. The molecule has 2 atom stereocenters. The number of anilines is 1. The molecule has 0 amide bonds. The van der Waals surface area contributed by atoms with Crippen LogP contribution in [0.15, 0.2) is 22.6 Å². The van der Waals surface area contributed by atoms with E-state index in [1.165, 1.54) is 18.2 Å². The molecule has 20 heavy (non-hydrogen) atoms. The number of nitrogens with zero attached hydrogens (tertiary/aromatic N) is 1. The van der Waals surface area contributed by atoms with Crippen LogP contribution in [0.3, 0.4) is 0 Å². The predicted octanol–water partition coefficient (Wildman–Crippen LogP) is 2.97. The normalized spacial score (nSPS) is 14.0. The number of aromatic nitrogens is 1. The third-order valence-corrected chi connectivity index (χ3v) is 3.11. The van der Waals surface area contributed by atoms with Crippen LogP contribution in [-0.4, -0.2) is 23.6 Å². The lowest BCUT2D eigenvalue weighted by molar-refractivity contribution is -0.147. The van der Waals surface area contributed by atoms with Crippen molar-refractivity contribution >= 4 is 23.1 Å². The van der Waals surface area contributed by atoms with Gasteiger partial charge in [0.25, 0.3) is 6.01 Å². The van der Waals surface area contributed by atoms with Gasteiger partial charge in [0.1, 0.15) is 11.3 Å². The minimum absolute atomic E-state index is 0.216. The second-order valence-corrected chi connectivity index (χ2v) is 4.60. The first-order valence-corrected chi connectivity index (χ1v) is 6.50. The van der Waals surface area contributed by atoms with Crippen molar-refractivity contribution in [3.63, 3.8) is 0 Å². The van der Waals surface area contributed by atoms with E-state index in [2.05, 4.69) is 10.3 Å². The molecule has 5 nitrogen and oxygen atoms in total. The zero-order chi connectivity index (χ0) is 14.7. The fraction of sp³-hybridized carbons (Fsp3) is 0.429. The van der Waals surface area contributed by atoms with Crippen LogP contribution in [0.4, 0.5) is 10.4 Å². The number of carbonyl (C=O) groups excluding carboxylic acids is 1. The number of nitrogens with one attached hydrogen (secondary N) is 1. The van der Waals surface area contributed by atoms with Crippen LogP contribution in [0.1, 0.15) is 20.8 Å². The van der Waals surface area contributed by atoms with Crippen LogP contribution in [0, 0.1) is 11.7 Å². The van der Waals surface area contributed by atoms with Gasteiger partial charge < -0.3 is 14.5 Å². The van der Waals surface area contributed by atoms with E-state index >= 15 is 0 Å². The van der Waals surface area contributed by atoms with E-state index in [-0.39, 0.29) is 29.8 Å². The van der Waals surface area contributed by atoms with Crippen molar-refractivity contribution in [3.05, 3.63) is 24.0 Å². The third-order valence-electron chi connectivity index (χ3n) is 3.11. The van der Waals surface area contributed by atoms with Gasteiger partial charge in [-0.15, -0.1) is 0 Å². The summed E-state index contributed by atoms with van der Waals surface area (Å²) in [5.74, 6) is -0.998. The summed E-state index contributed by atoms with van der Waals surface area (Å²) in [5, 5.41) is 2.99. The first-order chi connectivity index (χ1) is 9.51. The smallest absolute Gasteiger partial charge is 0.310 e. The molecule has 0 saturated carbocycles. The summed E-state index contributed by atoms with van der Waals surface area (Å²) in [6.07, 6.45) is 0. The van der Waals surface area contributed by atoms with Gasteiger partial charge in [-0.05, 0) is 32.9 Å². The molecule has 0 fully saturated rings. The van der Waals surface area contributed by atoms with Crippen LogP contribution in [-0.2, 0) is 9.53 Å². The molecule has 2 rings (SSSR count). The maximum atomic E-state index is 13.1. The summed E-state index contributed by atoms with van der Waals surface area (Å²) in [6, 6.07) is 4.16. The summed E-state index contributed by atoms with van der Waals surface area (Å²) < 4.78 is 23.5. The lowest BCUT2D eigenvalue weighted by atomic mass is 10.0. The lowest BCUT2D eigenvalue weighted by Gasteiger charge is -2.18. The molecule has 0 aliphatic carbocycles. The molecular weight excluding hydrogens is 263 g/mol. The predicted molar refractivity (Wildman–Crippen MR) is 72.8 cm³/mol. The minimum Gasteiger partial charge on any atom is -0.466 e. The molecule has 1 heterocycles. The summed E-state index contributed by atoms with van der Waals surface area (Å²) in [4.78, 5) is 15.8. The summed E-state index contributed by atoms with van der Waals surface area (Å²) in [6.45, 7) is 5.70. The maximum Gasteiger partial charge on any atom is 0.310 e. The number of hydrogen-bond acceptors (Lipinski definition) is 5. The van der Waals surface area contributed by atoms with Gasteiger partial charge in [0.2, 0.25) is 0 Å². The Balaban J connectivity index is 2.09. The van der Waals surface area contributed by atoms with E-state index in [4.69, 9.17) is 9.15 Å². The second kappa shape index (κ2) is 5.90. The van der Waals surface area contributed by atoms with Crippen molar-refractivity contribution in [1.29, 1.82) is 0 Å². The summed E-state index contributed by atoms with van der Waals surface area (Å²) in [7, 11) is 0. The van der Waals surface area contributed by atoms with Gasteiger partial charge in [-0.25, -0.2) is 4.39 Å². The first-order valence-electron chi connectivity index (χ1n) is 6.50. The zero-order valence-electron chi connectivity index (χ0n) is 11.6. The molecule has 0 bridgehead atoms. The van der Waals surface area contributed by atoms with E-state index in [0.29, 0.717) is 17.7 Å². The standard InChI is InChI=1S/C14H17FN2O3/c1-4-19-13(18)8(2)9(3)16-14-17-11-7-10(15)5-6-12(11)20-14/h5-9H,4H2,1-3H3,(H,16,17). The van der Waals surface area contributed by atoms with Crippen LogP contribution < -0.4 is 5.32 Å². The molecule has 0 spiro atoms. The molecule has 0 aliphatic rings. The van der Waals surface area contributed by atoms with Crippen molar-refractivity contribution in [2.24, 2.45) is 5.92 Å². The molecule has 1 aromatic heterocycles. The zero-order valence-corrected chi connectivity index (χ0v) is 11.6. The van der Waals surface area contributed by atoms with Crippen molar-refractivity contribution in [1.82, 2.24) is 4.98 Å². The van der Waals surface area contributed by atoms with Crippen LogP contribution in [0.2, 0.25) is 0 Å². The minimum atomic E-state index is -0.370. The third kappa shape index (κ3) is 3.07. The monoisotopic (exact) mass is 280 g/mol. The second-order valence-electron chi connectivity index (χ2n) is 4.60. The molecule has 6 heteroatoms.